The molecule has 194 valence electrons. The van der Waals surface area contributed by atoms with Crippen LogP contribution in [0.4, 0.5) is 5.69 Å². The fourth-order valence-electron chi connectivity index (χ4n) is 4.38. The summed E-state index contributed by atoms with van der Waals surface area (Å²) in [7, 11) is 0. The highest BCUT2D eigenvalue weighted by atomic mass is 32.2. The van der Waals surface area contributed by atoms with Crippen LogP contribution >= 0.6 is 11.8 Å². The molecule has 1 aliphatic rings. The summed E-state index contributed by atoms with van der Waals surface area (Å²) in [5.74, 6) is 0.519. The molecule has 8 heteroatoms. The van der Waals surface area contributed by atoms with E-state index in [1.54, 1.807) is 42.4 Å². The zero-order valence-corrected chi connectivity index (χ0v) is 21.8. The maximum absolute atomic E-state index is 12.7. The van der Waals surface area contributed by atoms with E-state index in [2.05, 4.69) is 22.2 Å². The van der Waals surface area contributed by atoms with Crippen molar-refractivity contribution in [1.82, 2.24) is 9.97 Å². The molecule has 5 rings (SSSR count). The normalized spacial score (nSPS) is 21.1. The first-order valence-electron chi connectivity index (χ1n) is 12.5. The number of aliphatic hydroxyl groups excluding tert-OH is 1. The first kappa shape index (κ1) is 26.1. The molecule has 1 saturated heterocycles. The van der Waals surface area contributed by atoms with Gasteiger partial charge in [0, 0.05) is 40.9 Å². The van der Waals surface area contributed by atoms with Gasteiger partial charge in [0.2, 0.25) is 0 Å². The van der Waals surface area contributed by atoms with E-state index in [4.69, 9.17) is 9.47 Å². The van der Waals surface area contributed by atoms with E-state index < -0.39 is 6.29 Å². The van der Waals surface area contributed by atoms with E-state index in [1.165, 1.54) is 0 Å². The predicted octanol–water partition coefficient (Wildman–Crippen LogP) is 5.80. The Morgan fingerprint density at radius 2 is 1.68 bits per heavy atom. The van der Waals surface area contributed by atoms with Crippen LogP contribution in [0.25, 0.3) is 0 Å². The Kier molecular flexibility index (Phi) is 8.45. The zero-order chi connectivity index (χ0) is 26.3. The fourth-order valence-corrected chi connectivity index (χ4v) is 5.35. The van der Waals surface area contributed by atoms with Gasteiger partial charge in [-0.3, -0.25) is 4.79 Å². The maximum atomic E-state index is 12.7. The molecular formula is C30H29N3O4S. The second kappa shape index (κ2) is 12.3. The van der Waals surface area contributed by atoms with E-state index in [9.17, 15) is 9.90 Å². The summed E-state index contributed by atoms with van der Waals surface area (Å²) in [6.07, 6.45) is 2.45. The van der Waals surface area contributed by atoms with Gasteiger partial charge in [0.1, 0.15) is 0 Å². The summed E-state index contributed by atoms with van der Waals surface area (Å²) < 4.78 is 13.0. The Bertz CT molecular complexity index is 1340. The van der Waals surface area contributed by atoms with E-state index in [1.807, 2.05) is 66.7 Å². The van der Waals surface area contributed by atoms with Crippen molar-refractivity contribution in [2.24, 2.45) is 5.92 Å². The third-order valence-corrected chi connectivity index (χ3v) is 7.46. The number of nitrogens with zero attached hydrogens (tertiary/aromatic N) is 2. The molecule has 0 bridgehead atoms. The van der Waals surface area contributed by atoms with Crippen molar-refractivity contribution < 1.29 is 19.4 Å². The van der Waals surface area contributed by atoms with Crippen molar-refractivity contribution in [2.45, 2.75) is 37.2 Å². The molecule has 4 atom stereocenters. The van der Waals surface area contributed by atoms with Gasteiger partial charge in [0.15, 0.2) is 11.4 Å². The molecule has 0 saturated carbocycles. The zero-order valence-electron chi connectivity index (χ0n) is 20.9. The minimum absolute atomic E-state index is 0.00900. The summed E-state index contributed by atoms with van der Waals surface area (Å²) in [5, 5.41) is 13.1. The van der Waals surface area contributed by atoms with Crippen molar-refractivity contribution >= 4 is 23.4 Å². The number of carbonyl (C=O) groups is 1. The average Bonchev–Trinajstić information content (AvgIpc) is 2.98. The number of thioether (sulfide) groups is 1. The third-order valence-electron chi connectivity index (χ3n) is 6.49. The lowest BCUT2D eigenvalue weighted by molar-refractivity contribution is -0.268. The van der Waals surface area contributed by atoms with E-state index in [0.717, 1.165) is 16.7 Å². The van der Waals surface area contributed by atoms with Crippen molar-refractivity contribution in [3.8, 4) is 0 Å². The largest absolute Gasteiger partial charge is 0.392 e. The predicted molar refractivity (Wildman–Crippen MR) is 147 cm³/mol. The molecule has 1 aromatic heterocycles. The van der Waals surface area contributed by atoms with Crippen LogP contribution in [0.1, 0.15) is 46.4 Å². The van der Waals surface area contributed by atoms with Gasteiger partial charge in [0.25, 0.3) is 5.91 Å². The molecule has 2 heterocycles. The van der Waals surface area contributed by atoms with Crippen molar-refractivity contribution in [1.29, 1.82) is 0 Å². The number of rotatable bonds is 8. The fraction of sp³-hybridized carbons (Fsp3) is 0.233. The lowest BCUT2D eigenvalue weighted by atomic mass is 9.91. The van der Waals surface area contributed by atoms with Gasteiger partial charge < -0.3 is 19.9 Å². The molecule has 3 aromatic carbocycles. The second-order valence-electron chi connectivity index (χ2n) is 9.11. The highest BCUT2D eigenvalue weighted by Gasteiger charge is 2.38. The first-order chi connectivity index (χ1) is 18.6. The average molecular weight is 528 g/mol. The quantitative estimate of drug-likeness (QED) is 0.221. The summed E-state index contributed by atoms with van der Waals surface area (Å²) in [6, 6.07) is 26.3. The molecule has 0 aliphatic carbocycles. The van der Waals surface area contributed by atoms with Gasteiger partial charge in [-0.05, 0) is 41.5 Å². The molecule has 0 spiro atoms. The topological polar surface area (TPSA) is 93.6 Å². The van der Waals surface area contributed by atoms with Gasteiger partial charge in [-0.1, -0.05) is 73.3 Å². The number of anilines is 1. The van der Waals surface area contributed by atoms with E-state index in [-0.39, 0.29) is 30.6 Å². The summed E-state index contributed by atoms with van der Waals surface area (Å²) in [5.41, 5.74) is 3.92. The van der Waals surface area contributed by atoms with Crippen molar-refractivity contribution in [3.63, 3.8) is 0 Å². The lowest BCUT2D eigenvalue weighted by Crippen LogP contribution is -2.38. The van der Waals surface area contributed by atoms with Crippen LogP contribution in [0.3, 0.4) is 0 Å². The number of hydrogen-bond acceptors (Lipinski definition) is 7. The van der Waals surface area contributed by atoms with Crippen LogP contribution < -0.4 is 5.32 Å². The first-order valence-corrected chi connectivity index (χ1v) is 13.5. The molecule has 1 aliphatic heterocycles. The molecule has 4 unspecified atom stereocenters. The molecule has 1 fully saturated rings. The molecule has 4 aromatic rings. The standard InChI is InChI=1S/C30H29N3O4S/c1-20-26(19-38-30-31-15-6-16-32-30)36-29(37-27(20)22-13-11-21(18-34)12-14-22)24-9-5-10-25(17-24)33-28(35)23-7-3-2-4-8-23/h2-17,20,26-27,29,34H,18-19H2,1H3,(H,33,35). The van der Waals surface area contributed by atoms with Crippen molar-refractivity contribution in [3.05, 3.63) is 120 Å². The Morgan fingerprint density at radius 3 is 2.42 bits per heavy atom. The van der Waals surface area contributed by atoms with Crippen LogP contribution in [0.15, 0.2) is 102 Å². The van der Waals surface area contributed by atoms with Gasteiger partial charge in [0.05, 0.1) is 18.8 Å². The van der Waals surface area contributed by atoms with Gasteiger partial charge >= 0.3 is 0 Å². The second-order valence-corrected chi connectivity index (χ2v) is 10.1. The minimum Gasteiger partial charge on any atom is -0.392 e. The van der Waals surface area contributed by atoms with Crippen LogP contribution in [-0.4, -0.2) is 32.8 Å². The van der Waals surface area contributed by atoms with Crippen LogP contribution in [-0.2, 0) is 16.1 Å². The molecule has 38 heavy (non-hydrogen) atoms. The van der Waals surface area contributed by atoms with Crippen LogP contribution in [0, 0.1) is 5.92 Å². The highest BCUT2D eigenvalue weighted by Crippen LogP contribution is 2.43. The van der Waals surface area contributed by atoms with Gasteiger partial charge in [-0.15, -0.1) is 0 Å². The maximum Gasteiger partial charge on any atom is 0.255 e. The monoisotopic (exact) mass is 527 g/mol. The number of amides is 1. The summed E-state index contributed by atoms with van der Waals surface area (Å²) in [6.45, 7) is 2.11. The number of carbonyl (C=O) groups excluding carboxylic acids is 1. The van der Waals surface area contributed by atoms with Crippen LogP contribution in [0.5, 0.6) is 0 Å². The molecule has 0 radical (unpaired) electrons. The summed E-state index contributed by atoms with van der Waals surface area (Å²) >= 11 is 1.55. The lowest BCUT2D eigenvalue weighted by Gasteiger charge is -2.41. The van der Waals surface area contributed by atoms with E-state index in [0.29, 0.717) is 22.2 Å². The highest BCUT2D eigenvalue weighted by molar-refractivity contribution is 7.99. The number of ether oxygens (including phenoxy) is 2. The van der Waals surface area contributed by atoms with Crippen molar-refractivity contribution in [2.75, 3.05) is 11.1 Å². The molecule has 1 amide bonds. The SMILES string of the molecule is CC1C(CSc2ncccn2)OC(c2cccc(NC(=O)c3ccccc3)c2)OC1c1ccc(CO)cc1. The van der Waals surface area contributed by atoms with E-state index >= 15 is 0 Å². The number of aromatic nitrogens is 2. The Hall–Kier alpha value is -3.56. The molecule has 2 N–H and O–H groups in total. The Balaban J connectivity index is 1.38. The smallest absolute Gasteiger partial charge is 0.255 e. The number of aliphatic hydroxyl groups is 1. The number of nitrogens with one attached hydrogen (secondary N) is 1. The Morgan fingerprint density at radius 1 is 0.921 bits per heavy atom. The number of hydrogen-bond donors (Lipinski definition) is 2. The van der Waals surface area contributed by atoms with Crippen LogP contribution in [0.2, 0.25) is 0 Å². The third kappa shape index (κ3) is 6.28. The van der Waals surface area contributed by atoms with Gasteiger partial charge in [-0.2, -0.15) is 0 Å². The molecular weight excluding hydrogens is 498 g/mol. The Labute approximate surface area is 226 Å². The summed E-state index contributed by atoms with van der Waals surface area (Å²) in [4.78, 5) is 21.4. The molecule has 7 nitrogen and oxygen atoms in total. The number of benzene rings is 3. The van der Waals surface area contributed by atoms with Gasteiger partial charge in [-0.25, -0.2) is 9.97 Å². The minimum atomic E-state index is -0.635.